The minimum atomic E-state index is -0.896. The third-order valence-corrected chi connectivity index (χ3v) is 3.14. The molecule has 0 saturated carbocycles. The van der Waals surface area contributed by atoms with Crippen molar-refractivity contribution in [2.45, 2.75) is 6.42 Å². The van der Waals surface area contributed by atoms with E-state index in [4.69, 9.17) is 28.3 Å². The largest absolute Gasteiger partial charge is 0.481 e. The number of halogens is 2. The zero-order chi connectivity index (χ0) is 13.1. The number of hydrogen-bond acceptors (Lipinski definition) is 1. The van der Waals surface area contributed by atoms with E-state index in [2.05, 4.69) is 0 Å². The molecule has 2 aromatic carbocycles. The Hall–Kier alpha value is -1.51. The second-order valence-electron chi connectivity index (χ2n) is 3.89. The summed E-state index contributed by atoms with van der Waals surface area (Å²) in [6, 6.07) is 12.7. The van der Waals surface area contributed by atoms with Gasteiger partial charge in [0, 0.05) is 10.0 Å². The molecule has 0 aliphatic carbocycles. The van der Waals surface area contributed by atoms with E-state index in [1.165, 1.54) is 0 Å². The van der Waals surface area contributed by atoms with Gasteiger partial charge in [-0.15, -0.1) is 0 Å². The molecule has 92 valence electrons. The van der Waals surface area contributed by atoms with E-state index in [9.17, 15) is 4.79 Å². The highest BCUT2D eigenvalue weighted by molar-refractivity contribution is 6.32. The summed E-state index contributed by atoms with van der Waals surface area (Å²) in [5, 5.41) is 9.84. The smallest absolute Gasteiger partial charge is 0.307 e. The SMILES string of the molecule is O=C(O)Cc1ccc(-c2cccc(Cl)c2)cc1Cl. The average Bonchev–Trinajstić information content (AvgIpc) is 2.31. The van der Waals surface area contributed by atoms with E-state index >= 15 is 0 Å². The van der Waals surface area contributed by atoms with Crippen LogP contribution in [0.5, 0.6) is 0 Å². The Kier molecular flexibility index (Phi) is 3.90. The van der Waals surface area contributed by atoms with E-state index < -0.39 is 5.97 Å². The minimum absolute atomic E-state index is 0.0747. The molecule has 0 saturated heterocycles. The lowest BCUT2D eigenvalue weighted by Gasteiger charge is -2.06. The lowest BCUT2D eigenvalue weighted by atomic mass is 10.0. The van der Waals surface area contributed by atoms with Crippen LogP contribution in [0.2, 0.25) is 10.0 Å². The second kappa shape index (κ2) is 5.42. The highest BCUT2D eigenvalue weighted by Gasteiger charge is 2.07. The molecule has 0 aliphatic rings. The van der Waals surface area contributed by atoms with Gasteiger partial charge in [-0.2, -0.15) is 0 Å². The van der Waals surface area contributed by atoms with Crippen molar-refractivity contribution in [1.29, 1.82) is 0 Å². The van der Waals surface area contributed by atoms with Gasteiger partial charge in [-0.3, -0.25) is 4.79 Å². The number of hydrogen-bond donors (Lipinski definition) is 1. The molecule has 18 heavy (non-hydrogen) atoms. The van der Waals surface area contributed by atoms with E-state index in [0.717, 1.165) is 11.1 Å². The second-order valence-corrected chi connectivity index (χ2v) is 4.73. The zero-order valence-electron chi connectivity index (χ0n) is 9.36. The van der Waals surface area contributed by atoms with Crippen molar-refractivity contribution in [2.24, 2.45) is 0 Å². The van der Waals surface area contributed by atoms with Crippen molar-refractivity contribution in [1.82, 2.24) is 0 Å². The predicted octanol–water partition coefficient (Wildman–Crippen LogP) is 4.29. The van der Waals surface area contributed by atoms with Crippen LogP contribution in [-0.4, -0.2) is 11.1 Å². The van der Waals surface area contributed by atoms with Crippen LogP contribution in [0.3, 0.4) is 0 Å². The van der Waals surface area contributed by atoms with Crippen molar-refractivity contribution >= 4 is 29.2 Å². The minimum Gasteiger partial charge on any atom is -0.481 e. The van der Waals surface area contributed by atoms with Gasteiger partial charge in [-0.1, -0.05) is 47.5 Å². The summed E-state index contributed by atoms with van der Waals surface area (Å²) in [5.41, 5.74) is 2.47. The molecule has 0 fully saturated rings. The Balaban J connectivity index is 2.37. The Labute approximate surface area is 115 Å². The molecule has 0 amide bonds. The van der Waals surface area contributed by atoms with Crippen LogP contribution in [0.1, 0.15) is 5.56 Å². The molecular weight excluding hydrogens is 271 g/mol. The summed E-state index contributed by atoms with van der Waals surface area (Å²) in [5.74, 6) is -0.896. The van der Waals surface area contributed by atoms with Crippen molar-refractivity contribution in [2.75, 3.05) is 0 Å². The summed E-state index contributed by atoms with van der Waals surface area (Å²) >= 11 is 12.0. The maximum absolute atomic E-state index is 10.6. The van der Waals surface area contributed by atoms with Crippen molar-refractivity contribution in [3.63, 3.8) is 0 Å². The van der Waals surface area contributed by atoms with Crippen molar-refractivity contribution < 1.29 is 9.90 Å². The van der Waals surface area contributed by atoms with Crippen LogP contribution in [0, 0.1) is 0 Å². The molecule has 4 heteroatoms. The summed E-state index contributed by atoms with van der Waals surface area (Å²) < 4.78 is 0. The van der Waals surface area contributed by atoms with Gasteiger partial charge in [0.2, 0.25) is 0 Å². The Morgan fingerprint density at radius 1 is 1.06 bits per heavy atom. The molecule has 0 radical (unpaired) electrons. The van der Waals surface area contributed by atoms with E-state index in [1.807, 2.05) is 24.3 Å². The molecule has 1 N–H and O–H groups in total. The summed E-state index contributed by atoms with van der Waals surface area (Å²) in [6.45, 7) is 0. The lowest BCUT2D eigenvalue weighted by Crippen LogP contribution is -2.00. The topological polar surface area (TPSA) is 37.3 Å². The number of carbonyl (C=O) groups is 1. The fourth-order valence-corrected chi connectivity index (χ4v) is 2.14. The first kappa shape index (κ1) is 12.9. The van der Waals surface area contributed by atoms with Crippen LogP contribution in [-0.2, 0) is 11.2 Å². The molecule has 0 bridgehead atoms. The number of rotatable bonds is 3. The average molecular weight is 281 g/mol. The Bertz CT molecular complexity index is 594. The third kappa shape index (κ3) is 3.03. The van der Waals surface area contributed by atoms with Gasteiger partial charge in [0.1, 0.15) is 0 Å². The highest BCUT2D eigenvalue weighted by atomic mass is 35.5. The van der Waals surface area contributed by atoms with E-state index in [1.54, 1.807) is 18.2 Å². The molecule has 0 heterocycles. The Morgan fingerprint density at radius 2 is 1.78 bits per heavy atom. The van der Waals surface area contributed by atoms with Crippen molar-refractivity contribution in [3.05, 3.63) is 58.1 Å². The third-order valence-electron chi connectivity index (χ3n) is 2.55. The van der Waals surface area contributed by atoms with Gasteiger partial charge in [-0.25, -0.2) is 0 Å². The van der Waals surface area contributed by atoms with Crippen LogP contribution >= 0.6 is 23.2 Å². The van der Waals surface area contributed by atoms with Gasteiger partial charge >= 0.3 is 5.97 Å². The zero-order valence-corrected chi connectivity index (χ0v) is 10.9. The lowest BCUT2D eigenvalue weighted by molar-refractivity contribution is -0.136. The fraction of sp³-hybridized carbons (Fsp3) is 0.0714. The molecule has 0 unspecified atom stereocenters. The molecule has 2 aromatic rings. The monoisotopic (exact) mass is 280 g/mol. The quantitative estimate of drug-likeness (QED) is 0.911. The standard InChI is InChI=1S/C14H10Cl2O2/c15-12-3-1-2-9(6-12)10-4-5-11(8-14(17)18)13(16)7-10/h1-7H,8H2,(H,17,18). The number of aliphatic carboxylic acids is 1. The summed E-state index contributed by atoms with van der Waals surface area (Å²) in [7, 11) is 0. The normalized spacial score (nSPS) is 10.3. The first-order valence-corrected chi connectivity index (χ1v) is 6.08. The van der Waals surface area contributed by atoms with Crippen LogP contribution in [0.4, 0.5) is 0 Å². The maximum atomic E-state index is 10.6. The number of carboxylic acids is 1. The Morgan fingerprint density at radius 3 is 2.39 bits per heavy atom. The van der Waals surface area contributed by atoms with Crippen molar-refractivity contribution in [3.8, 4) is 11.1 Å². The molecule has 2 nitrogen and oxygen atoms in total. The molecule has 0 aromatic heterocycles. The fourth-order valence-electron chi connectivity index (χ4n) is 1.70. The number of benzene rings is 2. The van der Waals surface area contributed by atoms with E-state index in [0.29, 0.717) is 15.6 Å². The maximum Gasteiger partial charge on any atom is 0.307 e. The molecule has 0 spiro atoms. The molecule has 0 atom stereocenters. The van der Waals surface area contributed by atoms with E-state index in [-0.39, 0.29) is 6.42 Å². The van der Waals surface area contributed by atoms with Gasteiger partial charge < -0.3 is 5.11 Å². The van der Waals surface area contributed by atoms with Crippen LogP contribution < -0.4 is 0 Å². The molecule has 0 aliphatic heterocycles. The summed E-state index contributed by atoms with van der Waals surface area (Å²) in [6.07, 6.45) is -0.0747. The number of carboxylic acid groups (broad SMARTS) is 1. The van der Waals surface area contributed by atoms with Crippen LogP contribution in [0.25, 0.3) is 11.1 Å². The van der Waals surface area contributed by atoms with Gasteiger partial charge in [0.25, 0.3) is 0 Å². The van der Waals surface area contributed by atoms with Crippen LogP contribution in [0.15, 0.2) is 42.5 Å². The van der Waals surface area contributed by atoms with Gasteiger partial charge in [0.15, 0.2) is 0 Å². The van der Waals surface area contributed by atoms with Gasteiger partial charge in [-0.05, 0) is 34.9 Å². The highest BCUT2D eigenvalue weighted by Crippen LogP contribution is 2.27. The molecule has 2 rings (SSSR count). The first-order valence-electron chi connectivity index (χ1n) is 5.32. The molecular formula is C14H10Cl2O2. The predicted molar refractivity (Wildman–Crippen MR) is 73.2 cm³/mol. The first-order chi connectivity index (χ1) is 8.56. The summed E-state index contributed by atoms with van der Waals surface area (Å²) in [4.78, 5) is 10.6. The van der Waals surface area contributed by atoms with Gasteiger partial charge in [0.05, 0.1) is 6.42 Å².